The Bertz CT molecular complexity index is 933. The molecular weight excluding hydrogens is 364 g/mol. The molecule has 146 valence electrons. The number of sulfonamides is 1. The SMILES string of the molecule is CC(C)NS(=O)(=O)c1cccc(C(=O)N(C)Cc2ccc([C@H]3C[C@@H]3C)o2)c1. The van der Waals surface area contributed by atoms with Crippen LogP contribution in [-0.4, -0.2) is 32.3 Å². The van der Waals surface area contributed by atoms with Crippen molar-refractivity contribution in [2.45, 2.75) is 50.6 Å². The zero-order chi connectivity index (χ0) is 19.8. The summed E-state index contributed by atoms with van der Waals surface area (Å²) in [5.74, 6) is 2.60. The molecule has 6 nitrogen and oxygen atoms in total. The van der Waals surface area contributed by atoms with Gasteiger partial charge in [-0.25, -0.2) is 13.1 Å². The van der Waals surface area contributed by atoms with E-state index in [-0.39, 0.29) is 16.8 Å². The van der Waals surface area contributed by atoms with Crippen molar-refractivity contribution < 1.29 is 17.6 Å². The topological polar surface area (TPSA) is 79.6 Å². The van der Waals surface area contributed by atoms with Gasteiger partial charge in [0, 0.05) is 24.6 Å². The summed E-state index contributed by atoms with van der Waals surface area (Å²) in [4.78, 5) is 14.3. The van der Waals surface area contributed by atoms with E-state index in [4.69, 9.17) is 4.42 Å². The van der Waals surface area contributed by atoms with Crippen molar-refractivity contribution in [1.29, 1.82) is 0 Å². The van der Waals surface area contributed by atoms with Crippen molar-refractivity contribution in [1.82, 2.24) is 9.62 Å². The van der Waals surface area contributed by atoms with Crippen LogP contribution < -0.4 is 4.72 Å². The molecule has 1 aromatic heterocycles. The lowest BCUT2D eigenvalue weighted by molar-refractivity contribution is 0.0774. The molecule has 2 aromatic rings. The third kappa shape index (κ3) is 4.59. The predicted octanol–water partition coefficient (Wildman–Crippen LogP) is 3.36. The lowest BCUT2D eigenvalue weighted by Gasteiger charge is -2.17. The Morgan fingerprint density at radius 2 is 2.00 bits per heavy atom. The summed E-state index contributed by atoms with van der Waals surface area (Å²) in [6.07, 6.45) is 1.15. The van der Waals surface area contributed by atoms with Crippen LogP contribution in [0.15, 0.2) is 45.7 Å². The second-order valence-corrected chi connectivity index (χ2v) is 9.30. The summed E-state index contributed by atoms with van der Waals surface area (Å²) < 4.78 is 33.0. The van der Waals surface area contributed by atoms with Crippen molar-refractivity contribution in [2.24, 2.45) is 5.92 Å². The molecule has 2 atom stereocenters. The van der Waals surface area contributed by atoms with Crippen LogP contribution in [0, 0.1) is 5.92 Å². The van der Waals surface area contributed by atoms with Gasteiger partial charge >= 0.3 is 0 Å². The normalized spacial score (nSPS) is 19.3. The molecule has 27 heavy (non-hydrogen) atoms. The Morgan fingerprint density at radius 1 is 1.30 bits per heavy atom. The fourth-order valence-corrected chi connectivity index (χ4v) is 4.39. The molecule has 0 aliphatic heterocycles. The van der Waals surface area contributed by atoms with E-state index in [1.54, 1.807) is 33.0 Å². The van der Waals surface area contributed by atoms with Crippen LogP contribution in [0.2, 0.25) is 0 Å². The molecule has 7 heteroatoms. The molecule has 1 aliphatic carbocycles. The summed E-state index contributed by atoms with van der Waals surface area (Å²) >= 11 is 0. The van der Waals surface area contributed by atoms with E-state index in [2.05, 4.69) is 11.6 Å². The van der Waals surface area contributed by atoms with Crippen LogP contribution in [0.4, 0.5) is 0 Å². The molecule has 1 saturated carbocycles. The number of furan rings is 1. The summed E-state index contributed by atoms with van der Waals surface area (Å²) in [6, 6.07) is 9.74. The van der Waals surface area contributed by atoms with E-state index < -0.39 is 10.0 Å². The van der Waals surface area contributed by atoms with Gasteiger partial charge in [-0.2, -0.15) is 0 Å². The summed E-state index contributed by atoms with van der Waals surface area (Å²) in [7, 11) is -1.97. The highest BCUT2D eigenvalue weighted by atomic mass is 32.2. The molecule has 1 aliphatic rings. The van der Waals surface area contributed by atoms with Crippen LogP contribution in [-0.2, 0) is 16.6 Å². The minimum absolute atomic E-state index is 0.0819. The average Bonchev–Trinajstić information content (AvgIpc) is 3.14. The van der Waals surface area contributed by atoms with Gasteiger partial charge in [-0.05, 0) is 56.5 Å². The summed E-state index contributed by atoms with van der Waals surface area (Å²) in [5, 5.41) is 0. The Balaban J connectivity index is 1.71. The van der Waals surface area contributed by atoms with Gasteiger partial charge in [-0.1, -0.05) is 13.0 Å². The first-order valence-electron chi connectivity index (χ1n) is 9.14. The Morgan fingerprint density at radius 3 is 2.63 bits per heavy atom. The van der Waals surface area contributed by atoms with E-state index in [9.17, 15) is 13.2 Å². The van der Waals surface area contributed by atoms with Crippen molar-refractivity contribution >= 4 is 15.9 Å². The molecule has 0 unspecified atom stereocenters. The predicted molar refractivity (Wildman–Crippen MR) is 103 cm³/mol. The van der Waals surface area contributed by atoms with E-state index >= 15 is 0 Å². The van der Waals surface area contributed by atoms with Crippen molar-refractivity contribution in [3.05, 3.63) is 53.5 Å². The number of nitrogens with one attached hydrogen (secondary N) is 1. The second-order valence-electron chi connectivity index (χ2n) is 7.59. The number of carbonyl (C=O) groups excluding carboxylic acids is 1. The van der Waals surface area contributed by atoms with Gasteiger partial charge in [0.15, 0.2) is 0 Å². The largest absolute Gasteiger partial charge is 0.464 e. The number of rotatable bonds is 7. The minimum atomic E-state index is -3.64. The lowest BCUT2D eigenvalue weighted by Crippen LogP contribution is -2.31. The first-order valence-corrected chi connectivity index (χ1v) is 10.6. The summed E-state index contributed by atoms with van der Waals surface area (Å²) in [5.41, 5.74) is 0.326. The van der Waals surface area contributed by atoms with Crippen molar-refractivity contribution in [3.63, 3.8) is 0 Å². The molecule has 1 N–H and O–H groups in total. The van der Waals surface area contributed by atoms with Crippen LogP contribution in [0.1, 0.15) is 55.0 Å². The van der Waals surface area contributed by atoms with Crippen LogP contribution in [0.3, 0.4) is 0 Å². The van der Waals surface area contributed by atoms with Gasteiger partial charge in [0.2, 0.25) is 10.0 Å². The molecule has 1 fully saturated rings. The zero-order valence-electron chi connectivity index (χ0n) is 16.1. The van der Waals surface area contributed by atoms with Gasteiger partial charge in [-0.3, -0.25) is 4.79 Å². The van der Waals surface area contributed by atoms with Gasteiger partial charge in [0.25, 0.3) is 5.91 Å². The van der Waals surface area contributed by atoms with E-state index in [0.717, 1.165) is 17.9 Å². The molecule has 0 spiro atoms. The van der Waals surface area contributed by atoms with Gasteiger partial charge < -0.3 is 9.32 Å². The Hall–Kier alpha value is -2.12. The van der Waals surface area contributed by atoms with Crippen molar-refractivity contribution in [2.75, 3.05) is 7.05 Å². The molecule has 1 aromatic carbocycles. The maximum Gasteiger partial charge on any atom is 0.254 e. The van der Waals surface area contributed by atoms with E-state index in [0.29, 0.717) is 23.9 Å². The minimum Gasteiger partial charge on any atom is -0.464 e. The number of nitrogens with zero attached hydrogens (tertiary/aromatic N) is 1. The maximum absolute atomic E-state index is 12.7. The highest BCUT2D eigenvalue weighted by molar-refractivity contribution is 7.89. The smallest absolute Gasteiger partial charge is 0.254 e. The average molecular weight is 391 g/mol. The molecular formula is C20H26N2O4S. The molecule has 0 saturated heterocycles. The Kier molecular flexibility index (Phi) is 5.44. The monoisotopic (exact) mass is 390 g/mol. The van der Waals surface area contributed by atoms with Gasteiger partial charge in [0.05, 0.1) is 11.4 Å². The van der Waals surface area contributed by atoms with Gasteiger partial charge in [-0.15, -0.1) is 0 Å². The molecule has 1 heterocycles. The number of hydrogen-bond acceptors (Lipinski definition) is 4. The van der Waals surface area contributed by atoms with Crippen LogP contribution in [0.25, 0.3) is 0 Å². The first-order chi connectivity index (χ1) is 12.7. The number of carbonyl (C=O) groups is 1. The van der Waals surface area contributed by atoms with Crippen LogP contribution in [0.5, 0.6) is 0 Å². The standard InChI is InChI=1S/C20H26N2O4S/c1-13(2)21-27(24,25)17-7-5-6-15(11-17)20(23)22(4)12-16-8-9-19(26-16)18-10-14(18)3/h5-9,11,13-14,18,21H,10,12H2,1-4H3/t14-,18-/m0/s1. The molecule has 1 amide bonds. The zero-order valence-corrected chi connectivity index (χ0v) is 16.9. The quantitative estimate of drug-likeness (QED) is 0.786. The number of benzene rings is 1. The molecule has 3 rings (SSSR count). The van der Waals surface area contributed by atoms with Crippen LogP contribution >= 0.6 is 0 Å². The second kappa shape index (κ2) is 7.48. The highest BCUT2D eigenvalue weighted by Gasteiger charge is 2.36. The maximum atomic E-state index is 12.7. The van der Waals surface area contributed by atoms with Crippen molar-refractivity contribution in [3.8, 4) is 0 Å². The highest BCUT2D eigenvalue weighted by Crippen LogP contribution is 2.47. The fraction of sp³-hybridized carbons (Fsp3) is 0.450. The van der Waals surface area contributed by atoms with Gasteiger partial charge in [0.1, 0.15) is 11.5 Å². The lowest BCUT2D eigenvalue weighted by atomic mass is 10.2. The molecule has 0 bridgehead atoms. The third-order valence-corrected chi connectivity index (χ3v) is 6.34. The summed E-state index contributed by atoms with van der Waals surface area (Å²) in [6.45, 7) is 6.03. The number of amides is 1. The van der Waals surface area contributed by atoms with E-state index in [1.807, 2.05) is 12.1 Å². The fourth-order valence-electron chi connectivity index (χ4n) is 3.10. The first kappa shape index (κ1) is 19.6. The Labute approximate surface area is 160 Å². The van der Waals surface area contributed by atoms with E-state index in [1.165, 1.54) is 17.0 Å². The number of hydrogen-bond donors (Lipinski definition) is 1. The third-order valence-electron chi connectivity index (χ3n) is 4.68. The molecule has 0 radical (unpaired) electrons.